The van der Waals surface area contributed by atoms with Gasteiger partial charge < -0.3 is 15.8 Å². The van der Waals surface area contributed by atoms with Crippen molar-refractivity contribution in [1.29, 1.82) is 0 Å². The van der Waals surface area contributed by atoms with Crippen LogP contribution in [0.3, 0.4) is 0 Å². The van der Waals surface area contributed by atoms with Gasteiger partial charge in [-0.15, -0.1) is 13.2 Å². The van der Waals surface area contributed by atoms with Crippen LogP contribution in [0.15, 0.2) is 42.5 Å². The topological polar surface area (TPSA) is 47.3 Å². The van der Waals surface area contributed by atoms with Gasteiger partial charge in [0, 0.05) is 5.69 Å². The minimum absolute atomic E-state index is 0.321. The van der Waals surface area contributed by atoms with Gasteiger partial charge in [-0.1, -0.05) is 0 Å². The molecule has 0 aromatic heterocycles. The van der Waals surface area contributed by atoms with Crippen LogP contribution in [0.5, 0.6) is 5.75 Å². The van der Waals surface area contributed by atoms with Gasteiger partial charge in [-0.05, 0) is 42.5 Å². The number of halogens is 4. The molecule has 0 atom stereocenters. The van der Waals surface area contributed by atoms with Crippen LogP contribution in [0.25, 0.3) is 0 Å². The molecule has 20 heavy (non-hydrogen) atoms. The second kappa shape index (κ2) is 5.28. The molecule has 0 saturated heterocycles. The number of ether oxygens (including phenoxy) is 1. The third kappa shape index (κ3) is 3.78. The SMILES string of the molecule is Nc1ccc(F)cc1Nc1ccc(OC(F)(F)F)cc1. The summed E-state index contributed by atoms with van der Waals surface area (Å²) < 4.78 is 52.8. The first kappa shape index (κ1) is 14.0. The molecule has 106 valence electrons. The molecular formula is C13H10F4N2O. The monoisotopic (exact) mass is 286 g/mol. The summed E-state index contributed by atoms with van der Waals surface area (Å²) in [6, 6.07) is 8.81. The fourth-order valence-corrected chi connectivity index (χ4v) is 1.53. The molecule has 0 aliphatic heterocycles. The number of nitrogens with two attached hydrogens (primary N) is 1. The lowest BCUT2D eigenvalue weighted by Crippen LogP contribution is -2.16. The molecule has 0 saturated carbocycles. The van der Waals surface area contributed by atoms with E-state index in [9.17, 15) is 17.6 Å². The fourth-order valence-electron chi connectivity index (χ4n) is 1.53. The molecular weight excluding hydrogens is 276 g/mol. The van der Waals surface area contributed by atoms with Gasteiger partial charge in [-0.25, -0.2) is 4.39 Å². The molecule has 0 aliphatic carbocycles. The fraction of sp³-hybridized carbons (Fsp3) is 0.0769. The number of hydrogen-bond acceptors (Lipinski definition) is 3. The van der Waals surface area contributed by atoms with Crippen LogP contribution in [0.2, 0.25) is 0 Å². The highest BCUT2D eigenvalue weighted by molar-refractivity contribution is 5.72. The highest BCUT2D eigenvalue weighted by Gasteiger charge is 2.30. The lowest BCUT2D eigenvalue weighted by molar-refractivity contribution is -0.274. The summed E-state index contributed by atoms with van der Waals surface area (Å²) in [7, 11) is 0. The zero-order chi connectivity index (χ0) is 14.8. The van der Waals surface area contributed by atoms with Crippen molar-refractivity contribution >= 4 is 17.1 Å². The Morgan fingerprint density at radius 1 is 1.00 bits per heavy atom. The molecule has 2 aromatic rings. The summed E-state index contributed by atoms with van der Waals surface area (Å²) in [6.45, 7) is 0. The Kier molecular flexibility index (Phi) is 3.69. The number of nitrogen functional groups attached to an aromatic ring is 1. The zero-order valence-corrected chi connectivity index (χ0v) is 10.0. The Morgan fingerprint density at radius 3 is 2.25 bits per heavy atom. The molecule has 7 heteroatoms. The molecule has 0 radical (unpaired) electrons. The van der Waals surface area contributed by atoms with E-state index >= 15 is 0 Å². The second-order valence-corrected chi connectivity index (χ2v) is 3.93. The first-order chi connectivity index (χ1) is 9.33. The number of benzene rings is 2. The third-order valence-corrected chi connectivity index (χ3v) is 2.38. The van der Waals surface area contributed by atoms with Crippen molar-refractivity contribution in [1.82, 2.24) is 0 Å². The molecule has 0 unspecified atom stereocenters. The van der Waals surface area contributed by atoms with Crippen molar-refractivity contribution in [2.24, 2.45) is 0 Å². The van der Waals surface area contributed by atoms with E-state index in [2.05, 4.69) is 10.1 Å². The minimum atomic E-state index is -4.73. The quantitative estimate of drug-likeness (QED) is 0.661. The third-order valence-electron chi connectivity index (χ3n) is 2.38. The van der Waals surface area contributed by atoms with E-state index < -0.39 is 12.2 Å². The van der Waals surface area contributed by atoms with Crippen molar-refractivity contribution in [3.05, 3.63) is 48.3 Å². The Hall–Kier alpha value is -2.44. The van der Waals surface area contributed by atoms with Crippen molar-refractivity contribution < 1.29 is 22.3 Å². The van der Waals surface area contributed by atoms with Gasteiger partial charge in [0.1, 0.15) is 11.6 Å². The molecule has 2 rings (SSSR count). The highest BCUT2D eigenvalue weighted by Crippen LogP contribution is 2.27. The first-order valence-corrected chi connectivity index (χ1v) is 5.51. The largest absolute Gasteiger partial charge is 0.573 e. The average Bonchev–Trinajstić information content (AvgIpc) is 2.34. The summed E-state index contributed by atoms with van der Waals surface area (Å²) >= 11 is 0. The van der Waals surface area contributed by atoms with E-state index in [0.717, 1.165) is 12.1 Å². The Morgan fingerprint density at radius 2 is 1.65 bits per heavy atom. The van der Waals surface area contributed by atoms with Crippen molar-refractivity contribution in [3.63, 3.8) is 0 Å². The smallest absolute Gasteiger partial charge is 0.406 e. The maximum atomic E-state index is 13.1. The van der Waals surface area contributed by atoms with Gasteiger partial charge >= 0.3 is 6.36 Å². The zero-order valence-electron chi connectivity index (χ0n) is 10.0. The molecule has 0 spiro atoms. The lowest BCUT2D eigenvalue weighted by Gasteiger charge is -2.11. The predicted octanol–water partition coefficient (Wildman–Crippen LogP) is 4.05. The van der Waals surface area contributed by atoms with Gasteiger partial charge in [0.05, 0.1) is 11.4 Å². The van der Waals surface area contributed by atoms with Crippen LogP contribution in [-0.4, -0.2) is 6.36 Å². The summed E-state index contributed by atoms with van der Waals surface area (Å²) in [5, 5.41) is 2.80. The van der Waals surface area contributed by atoms with Crippen LogP contribution in [0, 0.1) is 5.82 Å². The summed E-state index contributed by atoms with van der Waals surface area (Å²) in [5.74, 6) is -0.811. The number of nitrogens with one attached hydrogen (secondary N) is 1. The number of rotatable bonds is 3. The van der Waals surface area contributed by atoms with Crippen LogP contribution >= 0.6 is 0 Å². The summed E-state index contributed by atoms with van der Waals surface area (Å²) in [5.41, 5.74) is 6.75. The van der Waals surface area contributed by atoms with Gasteiger partial charge in [0.25, 0.3) is 0 Å². The summed E-state index contributed by atoms with van der Waals surface area (Å²) in [6.07, 6.45) is -4.73. The second-order valence-electron chi connectivity index (χ2n) is 3.93. The van der Waals surface area contributed by atoms with Gasteiger partial charge in [-0.2, -0.15) is 0 Å². The van der Waals surface area contributed by atoms with E-state index in [1.54, 1.807) is 0 Å². The Labute approximate surface area is 112 Å². The van der Waals surface area contributed by atoms with Crippen LogP contribution in [0.1, 0.15) is 0 Å². The molecule has 3 nitrogen and oxygen atoms in total. The maximum absolute atomic E-state index is 13.1. The van der Waals surface area contributed by atoms with Crippen molar-refractivity contribution in [2.45, 2.75) is 6.36 Å². The summed E-state index contributed by atoms with van der Waals surface area (Å²) in [4.78, 5) is 0. The molecule has 0 amide bonds. The predicted molar refractivity (Wildman–Crippen MR) is 67.2 cm³/mol. The highest BCUT2D eigenvalue weighted by atomic mass is 19.4. The molecule has 0 aliphatic rings. The Balaban J connectivity index is 2.13. The van der Waals surface area contributed by atoms with Crippen LogP contribution in [-0.2, 0) is 0 Å². The van der Waals surface area contributed by atoms with E-state index in [1.807, 2.05) is 0 Å². The maximum Gasteiger partial charge on any atom is 0.573 e. The van der Waals surface area contributed by atoms with Crippen molar-refractivity contribution in [3.8, 4) is 5.75 Å². The van der Waals surface area contributed by atoms with E-state index in [1.165, 1.54) is 30.3 Å². The molecule has 0 bridgehead atoms. The first-order valence-electron chi connectivity index (χ1n) is 5.51. The lowest BCUT2D eigenvalue weighted by atomic mass is 10.2. The van der Waals surface area contributed by atoms with Crippen molar-refractivity contribution in [2.75, 3.05) is 11.1 Å². The van der Waals surface area contributed by atoms with E-state index in [4.69, 9.17) is 5.73 Å². The van der Waals surface area contributed by atoms with Gasteiger partial charge in [0.2, 0.25) is 0 Å². The number of hydrogen-bond donors (Lipinski definition) is 2. The standard InChI is InChI=1S/C13H10F4N2O/c14-8-1-6-11(18)12(7-8)19-9-2-4-10(5-3-9)20-13(15,16)17/h1-7,19H,18H2. The average molecular weight is 286 g/mol. The minimum Gasteiger partial charge on any atom is -0.406 e. The van der Waals surface area contributed by atoms with E-state index in [0.29, 0.717) is 17.1 Å². The van der Waals surface area contributed by atoms with E-state index in [-0.39, 0.29) is 5.75 Å². The van der Waals surface area contributed by atoms with Crippen LogP contribution in [0.4, 0.5) is 34.6 Å². The molecule has 2 aromatic carbocycles. The van der Waals surface area contributed by atoms with Crippen LogP contribution < -0.4 is 15.8 Å². The van der Waals surface area contributed by atoms with Gasteiger partial charge in [-0.3, -0.25) is 0 Å². The number of anilines is 3. The normalized spacial score (nSPS) is 11.2. The number of alkyl halides is 3. The molecule has 0 heterocycles. The molecule has 3 N–H and O–H groups in total. The van der Waals surface area contributed by atoms with Gasteiger partial charge in [0.15, 0.2) is 0 Å². The Bertz CT molecular complexity index is 596. The molecule has 0 fully saturated rings.